The minimum absolute atomic E-state index is 0.0910. The number of aromatic nitrogens is 6. The summed E-state index contributed by atoms with van der Waals surface area (Å²) in [4.78, 5) is 18.4. The van der Waals surface area contributed by atoms with E-state index in [2.05, 4.69) is 25.4 Å². The van der Waals surface area contributed by atoms with Crippen molar-refractivity contribution in [2.75, 3.05) is 26.2 Å². The second-order valence-electron chi connectivity index (χ2n) is 7.93. The first kappa shape index (κ1) is 21.0. The van der Waals surface area contributed by atoms with Crippen LogP contribution >= 0.6 is 0 Å². The van der Waals surface area contributed by atoms with E-state index in [-0.39, 0.29) is 18.4 Å². The van der Waals surface area contributed by atoms with E-state index in [0.29, 0.717) is 24.6 Å². The number of nitrogens with zero attached hydrogens (tertiary/aromatic N) is 8. The van der Waals surface area contributed by atoms with E-state index in [0.717, 1.165) is 30.8 Å². The second kappa shape index (κ2) is 9.29. The van der Waals surface area contributed by atoms with E-state index >= 15 is 0 Å². The van der Waals surface area contributed by atoms with Crippen LogP contribution in [-0.4, -0.2) is 71.9 Å². The van der Waals surface area contributed by atoms with Gasteiger partial charge in [-0.1, -0.05) is 42.5 Å². The lowest BCUT2D eigenvalue weighted by atomic mass is 10.2. The second-order valence-corrected chi connectivity index (χ2v) is 7.93. The Labute approximate surface area is 190 Å². The number of amides is 1. The summed E-state index contributed by atoms with van der Waals surface area (Å²) in [6.45, 7) is 3.77. The van der Waals surface area contributed by atoms with Crippen LogP contribution in [0.3, 0.4) is 0 Å². The minimum Gasteiger partial charge on any atom is -0.335 e. The lowest BCUT2D eigenvalue weighted by molar-refractivity contribution is 0.0621. The Balaban J connectivity index is 1.15. The van der Waals surface area contributed by atoms with Gasteiger partial charge >= 0.3 is 0 Å². The average Bonchev–Trinajstić information content (AvgIpc) is 3.51. The number of hydrogen-bond donors (Lipinski definition) is 0. The van der Waals surface area contributed by atoms with Gasteiger partial charge in [0.1, 0.15) is 11.5 Å². The number of carbonyl (C=O) groups excluding carboxylic acids is 1. The predicted octanol–water partition coefficient (Wildman–Crippen LogP) is 2.14. The van der Waals surface area contributed by atoms with Crippen LogP contribution in [0.4, 0.5) is 4.39 Å². The molecule has 4 aromatic rings. The van der Waals surface area contributed by atoms with Gasteiger partial charge < -0.3 is 4.90 Å². The van der Waals surface area contributed by atoms with Crippen molar-refractivity contribution in [3.8, 4) is 11.4 Å². The van der Waals surface area contributed by atoms with Crippen molar-refractivity contribution in [1.82, 2.24) is 39.8 Å². The van der Waals surface area contributed by atoms with Gasteiger partial charge in [-0.25, -0.2) is 9.07 Å². The van der Waals surface area contributed by atoms with Crippen LogP contribution in [0.1, 0.15) is 16.1 Å². The lowest BCUT2D eigenvalue weighted by Crippen LogP contribution is -2.48. The van der Waals surface area contributed by atoms with Crippen LogP contribution in [0.15, 0.2) is 66.9 Å². The summed E-state index contributed by atoms with van der Waals surface area (Å²) in [5, 5.41) is 16.9. The molecule has 0 unspecified atom stereocenters. The summed E-state index contributed by atoms with van der Waals surface area (Å²) in [6, 6.07) is 17.9. The molecular formula is C23H23FN8O. The van der Waals surface area contributed by atoms with Crippen LogP contribution < -0.4 is 0 Å². The Morgan fingerprint density at radius 2 is 1.67 bits per heavy atom. The van der Waals surface area contributed by atoms with Crippen molar-refractivity contribution < 1.29 is 9.18 Å². The highest BCUT2D eigenvalue weighted by molar-refractivity contribution is 5.92. The normalized spacial score (nSPS) is 14.5. The van der Waals surface area contributed by atoms with Crippen molar-refractivity contribution in [2.45, 2.75) is 13.2 Å². The molecule has 1 aliphatic heterocycles. The Hall–Kier alpha value is -3.92. The molecule has 0 spiro atoms. The molecule has 0 N–H and O–H groups in total. The van der Waals surface area contributed by atoms with Crippen LogP contribution in [0.5, 0.6) is 0 Å². The van der Waals surface area contributed by atoms with Crippen LogP contribution in [0.25, 0.3) is 11.4 Å². The highest BCUT2D eigenvalue weighted by Crippen LogP contribution is 2.13. The molecule has 0 bridgehead atoms. The fourth-order valence-electron chi connectivity index (χ4n) is 3.81. The van der Waals surface area contributed by atoms with Crippen LogP contribution in [0, 0.1) is 5.82 Å². The van der Waals surface area contributed by atoms with E-state index in [1.54, 1.807) is 29.1 Å². The molecular weight excluding hydrogens is 423 g/mol. The van der Waals surface area contributed by atoms with Gasteiger partial charge in [-0.2, -0.15) is 5.10 Å². The quantitative estimate of drug-likeness (QED) is 0.451. The number of piperazine rings is 1. The molecule has 0 saturated carbocycles. The lowest BCUT2D eigenvalue weighted by Gasteiger charge is -2.34. The van der Waals surface area contributed by atoms with Crippen molar-refractivity contribution in [3.63, 3.8) is 0 Å². The van der Waals surface area contributed by atoms with Crippen molar-refractivity contribution in [1.29, 1.82) is 0 Å². The van der Waals surface area contributed by atoms with Crippen molar-refractivity contribution >= 4 is 5.91 Å². The molecule has 0 atom stereocenters. The first-order valence-corrected chi connectivity index (χ1v) is 10.8. The Morgan fingerprint density at radius 3 is 2.42 bits per heavy atom. The molecule has 1 saturated heterocycles. The highest BCUT2D eigenvalue weighted by Gasteiger charge is 2.23. The molecule has 1 fully saturated rings. The molecule has 33 heavy (non-hydrogen) atoms. The summed E-state index contributed by atoms with van der Waals surface area (Å²) in [5.41, 5.74) is 2.34. The van der Waals surface area contributed by atoms with Gasteiger partial charge in [-0.05, 0) is 29.0 Å². The van der Waals surface area contributed by atoms with Crippen molar-refractivity contribution in [2.24, 2.45) is 0 Å². The molecule has 1 aliphatic rings. The van der Waals surface area contributed by atoms with Crippen LogP contribution in [0.2, 0.25) is 0 Å². The number of tetrazole rings is 1. The third kappa shape index (κ3) is 4.96. The maximum absolute atomic E-state index is 13.1. The standard InChI is InChI=1S/C23H23FN8O/c24-20-8-6-18(7-9-20)16-29-12-14-30(15-13-29)23(33)21-10-11-31(26-21)17-32-27-22(25-28-32)19-4-2-1-3-5-19/h1-11H,12-17H2. The van der Waals surface area contributed by atoms with Gasteiger partial charge in [-0.15, -0.1) is 15.0 Å². The SMILES string of the molecule is O=C(c1ccn(Cn2nnc(-c3ccccc3)n2)n1)N1CCN(Cc2ccc(F)cc2)CC1. The van der Waals surface area contributed by atoms with Gasteiger partial charge in [0.2, 0.25) is 5.82 Å². The van der Waals surface area contributed by atoms with E-state index in [4.69, 9.17) is 0 Å². The molecule has 10 heteroatoms. The maximum Gasteiger partial charge on any atom is 0.274 e. The van der Waals surface area contributed by atoms with Crippen LogP contribution in [-0.2, 0) is 13.2 Å². The number of carbonyl (C=O) groups is 1. The van der Waals surface area contributed by atoms with Gasteiger partial charge in [-0.3, -0.25) is 9.69 Å². The summed E-state index contributed by atoms with van der Waals surface area (Å²) in [6.07, 6.45) is 1.74. The minimum atomic E-state index is -0.232. The van der Waals surface area contributed by atoms with E-state index in [1.807, 2.05) is 35.2 Å². The smallest absolute Gasteiger partial charge is 0.274 e. The van der Waals surface area contributed by atoms with Gasteiger partial charge in [0.25, 0.3) is 5.91 Å². The Kier molecular flexibility index (Phi) is 5.90. The fourth-order valence-corrected chi connectivity index (χ4v) is 3.81. The maximum atomic E-state index is 13.1. The Bertz CT molecular complexity index is 1210. The molecule has 9 nitrogen and oxygen atoms in total. The molecule has 2 aromatic heterocycles. The zero-order valence-electron chi connectivity index (χ0n) is 18.0. The predicted molar refractivity (Wildman–Crippen MR) is 118 cm³/mol. The molecule has 2 aromatic carbocycles. The third-order valence-electron chi connectivity index (χ3n) is 5.59. The zero-order chi connectivity index (χ0) is 22.6. The van der Waals surface area contributed by atoms with E-state index < -0.39 is 0 Å². The number of hydrogen-bond acceptors (Lipinski definition) is 6. The largest absolute Gasteiger partial charge is 0.335 e. The van der Waals surface area contributed by atoms with E-state index in [9.17, 15) is 9.18 Å². The number of rotatable bonds is 6. The summed E-state index contributed by atoms with van der Waals surface area (Å²) in [5.74, 6) is 0.217. The topological polar surface area (TPSA) is 85.0 Å². The first-order chi connectivity index (χ1) is 16.1. The third-order valence-corrected chi connectivity index (χ3v) is 5.59. The average molecular weight is 446 g/mol. The van der Waals surface area contributed by atoms with Gasteiger partial charge in [0.15, 0.2) is 6.67 Å². The van der Waals surface area contributed by atoms with Gasteiger partial charge in [0.05, 0.1) is 0 Å². The fraction of sp³-hybridized carbons (Fsp3) is 0.261. The molecule has 1 amide bonds. The number of benzene rings is 2. The molecule has 168 valence electrons. The zero-order valence-corrected chi connectivity index (χ0v) is 18.0. The molecule has 5 rings (SSSR count). The Morgan fingerprint density at radius 1 is 0.909 bits per heavy atom. The number of halogens is 1. The summed E-state index contributed by atoms with van der Waals surface area (Å²) >= 11 is 0. The summed E-state index contributed by atoms with van der Waals surface area (Å²) in [7, 11) is 0. The first-order valence-electron chi connectivity index (χ1n) is 10.8. The van der Waals surface area contributed by atoms with Gasteiger partial charge in [0, 0.05) is 44.5 Å². The monoisotopic (exact) mass is 446 g/mol. The van der Waals surface area contributed by atoms with Crippen molar-refractivity contribution in [3.05, 3.63) is 83.9 Å². The highest BCUT2D eigenvalue weighted by atomic mass is 19.1. The molecule has 3 heterocycles. The summed E-state index contributed by atoms with van der Waals surface area (Å²) < 4.78 is 14.7. The van der Waals surface area contributed by atoms with E-state index in [1.165, 1.54) is 16.9 Å². The molecule has 0 aliphatic carbocycles. The molecule has 0 radical (unpaired) electrons.